The smallest absolute Gasteiger partial charge is 0.357 e. The number of alkyl halides is 3. The predicted molar refractivity (Wildman–Crippen MR) is 95.5 cm³/mol. The Balaban J connectivity index is 1.51. The van der Waals surface area contributed by atoms with Gasteiger partial charge in [-0.3, -0.25) is 0 Å². The van der Waals surface area contributed by atoms with E-state index in [0.29, 0.717) is 11.9 Å². The molecule has 0 saturated carbocycles. The molecule has 0 bridgehead atoms. The van der Waals surface area contributed by atoms with Crippen molar-refractivity contribution in [1.29, 1.82) is 0 Å². The third kappa shape index (κ3) is 4.73. The van der Waals surface area contributed by atoms with Gasteiger partial charge in [-0.1, -0.05) is 34.1 Å². The molecule has 3 rings (SSSR count). The molecule has 1 aromatic heterocycles. The van der Waals surface area contributed by atoms with Gasteiger partial charge in [-0.05, 0) is 36.6 Å². The van der Waals surface area contributed by atoms with Crippen LogP contribution in [-0.2, 0) is 12.7 Å². The van der Waals surface area contributed by atoms with Gasteiger partial charge in [0, 0.05) is 36.3 Å². The van der Waals surface area contributed by atoms with Gasteiger partial charge in [0.15, 0.2) is 0 Å². The first-order chi connectivity index (χ1) is 11.9. The van der Waals surface area contributed by atoms with Gasteiger partial charge >= 0.3 is 6.18 Å². The van der Waals surface area contributed by atoms with E-state index in [9.17, 15) is 13.2 Å². The largest absolute Gasteiger partial charge is 0.417 e. The predicted octanol–water partition coefficient (Wildman–Crippen LogP) is 4.62. The highest BCUT2D eigenvalue weighted by atomic mass is 79.9. The summed E-state index contributed by atoms with van der Waals surface area (Å²) in [6.45, 7) is 2.36. The van der Waals surface area contributed by atoms with E-state index in [4.69, 9.17) is 0 Å². The average Bonchev–Trinajstić information content (AvgIpc) is 2.61. The maximum atomic E-state index is 12.6. The number of pyridine rings is 1. The third-order valence-corrected chi connectivity index (χ3v) is 5.21. The summed E-state index contributed by atoms with van der Waals surface area (Å²) in [6, 6.07) is 11.1. The lowest BCUT2D eigenvalue weighted by molar-refractivity contribution is -0.137. The van der Waals surface area contributed by atoms with Crippen LogP contribution in [0.25, 0.3) is 0 Å². The maximum Gasteiger partial charge on any atom is 0.417 e. The van der Waals surface area contributed by atoms with Crippen LogP contribution in [0.5, 0.6) is 0 Å². The van der Waals surface area contributed by atoms with Crippen molar-refractivity contribution in [2.24, 2.45) is 0 Å². The Kier molecular flexibility index (Phi) is 5.64. The fraction of sp³-hybridized carbons (Fsp3) is 0.389. The lowest BCUT2D eigenvalue weighted by Gasteiger charge is -2.33. The number of aromatic nitrogens is 1. The first-order valence-electron chi connectivity index (χ1n) is 8.18. The minimum atomic E-state index is -4.34. The molecule has 1 aliphatic rings. The topological polar surface area (TPSA) is 28.2 Å². The molecule has 1 aliphatic heterocycles. The number of rotatable bonds is 4. The second-order valence-corrected chi connectivity index (χ2v) is 6.99. The van der Waals surface area contributed by atoms with Crippen molar-refractivity contribution in [2.75, 3.05) is 18.0 Å². The average molecular weight is 414 g/mol. The normalized spacial score (nSPS) is 16.2. The number of piperidine rings is 1. The van der Waals surface area contributed by atoms with Gasteiger partial charge in [-0.2, -0.15) is 13.2 Å². The Hall–Kier alpha value is -1.60. The maximum absolute atomic E-state index is 12.6. The van der Waals surface area contributed by atoms with Crippen molar-refractivity contribution in [1.82, 2.24) is 10.3 Å². The van der Waals surface area contributed by atoms with Gasteiger partial charge in [-0.25, -0.2) is 4.98 Å². The molecule has 25 heavy (non-hydrogen) atoms. The zero-order chi connectivity index (χ0) is 17.9. The molecule has 1 fully saturated rings. The van der Waals surface area contributed by atoms with Crippen LogP contribution in [0.3, 0.4) is 0 Å². The van der Waals surface area contributed by atoms with E-state index < -0.39 is 11.7 Å². The highest BCUT2D eigenvalue weighted by molar-refractivity contribution is 9.10. The lowest BCUT2D eigenvalue weighted by atomic mass is 10.0. The number of nitrogens with zero attached hydrogens (tertiary/aromatic N) is 2. The molecule has 0 aliphatic carbocycles. The van der Waals surface area contributed by atoms with Crippen LogP contribution in [0.1, 0.15) is 24.0 Å². The molecule has 0 unspecified atom stereocenters. The molecular formula is C18H19BrF3N3. The first kappa shape index (κ1) is 18.2. The Morgan fingerprint density at radius 1 is 1.12 bits per heavy atom. The fourth-order valence-corrected chi connectivity index (χ4v) is 3.37. The Bertz CT molecular complexity index is 695. The first-order valence-corrected chi connectivity index (χ1v) is 8.98. The van der Waals surface area contributed by atoms with Gasteiger partial charge in [0.05, 0.1) is 5.56 Å². The van der Waals surface area contributed by atoms with Crippen molar-refractivity contribution >= 4 is 21.7 Å². The van der Waals surface area contributed by atoms with Crippen LogP contribution in [-0.4, -0.2) is 24.1 Å². The Morgan fingerprint density at radius 2 is 1.84 bits per heavy atom. The molecule has 2 heterocycles. The van der Waals surface area contributed by atoms with Gasteiger partial charge < -0.3 is 10.2 Å². The van der Waals surface area contributed by atoms with Crippen LogP contribution in [0.15, 0.2) is 47.1 Å². The molecule has 3 nitrogen and oxygen atoms in total. The zero-order valence-corrected chi connectivity index (χ0v) is 15.1. The Morgan fingerprint density at radius 3 is 2.44 bits per heavy atom. The molecule has 1 saturated heterocycles. The van der Waals surface area contributed by atoms with E-state index in [-0.39, 0.29) is 0 Å². The van der Waals surface area contributed by atoms with Crippen molar-refractivity contribution in [3.63, 3.8) is 0 Å². The molecule has 0 spiro atoms. The number of hydrogen-bond acceptors (Lipinski definition) is 3. The summed E-state index contributed by atoms with van der Waals surface area (Å²) in [5.74, 6) is 0.609. The van der Waals surface area contributed by atoms with Gasteiger partial charge in [0.2, 0.25) is 0 Å². The standard InChI is InChI=1S/C18H19BrF3N3/c19-16-4-2-1-3-13(16)11-23-15-7-9-25(10-8-15)17-6-5-14(12-24-17)18(20,21)22/h1-6,12,15,23H,7-11H2. The quantitative estimate of drug-likeness (QED) is 0.792. The summed E-state index contributed by atoms with van der Waals surface area (Å²) < 4.78 is 38.9. The molecule has 134 valence electrons. The van der Waals surface area contributed by atoms with Crippen LogP contribution in [0.2, 0.25) is 0 Å². The monoisotopic (exact) mass is 413 g/mol. The van der Waals surface area contributed by atoms with Crippen molar-refractivity contribution in [3.05, 3.63) is 58.2 Å². The number of hydrogen-bond donors (Lipinski definition) is 1. The molecule has 1 aromatic carbocycles. The Labute approximate surface area is 153 Å². The van der Waals surface area contributed by atoms with E-state index in [1.165, 1.54) is 11.6 Å². The molecule has 2 aromatic rings. The fourth-order valence-electron chi connectivity index (χ4n) is 2.95. The zero-order valence-electron chi connectivity index (χ0n) is 13.6. The number of anilines is 1. The number of nitrogens with one attached hydrogen (secondary N) is 1. The van der Waals surface area contributed by atoms with Gasteiger partial charge in [0.25, 0.3) is 0 Å². The van der Waals surface area contributed by atoms with Crippen molar-refractivity contribution in [3.8, 4) is 0 Å². The highest BCUT2D eigenvalue weighted by Crippen LogP contribution is 2.29. The number of benzene rings is 1. The third-order valence-electron chi connectivity index (χ3n) is 4.43. The van der Waals surface area contributed by atoms with E-state index in [2.05, 4.69) is 32.3 Å². The molecular weight excluding hydrogens is 395 g/mol. The summed E-state index contributed by atoms with van der Waals surface area (Å²) >= 11 is 3.54. The van der Waals surface area contributed by atoms with Crippen LogP contribution < -0.4 is 10.2 Å². The molecule has 0 radical (unpaired) electrons. The number of halogens is 4. The molecule has 0 atom stereocenters. The van der Waals surface area contributed by atoms with Gasteiger partial charge in [-0.15, -0.1) is 0 Å². The summed E-state index contributed by atoms with van der Waals surface area (Å²) in [5.41, 5.74) is 0.510. The van der Waals surface area contributed by atoms with Crippen molar-refractivity contribution in [2.45, 2.75) is 31.6 Å². The minimum Gasteiger partial charge on any atom is -0.357 e. The van der Waals surface area contributed by atoms with Gasteiger partial charge in [0.1, 0.15) is 5.82 Å². The van der Waals surface area contributed by atoms with Crippen molar-refractivity contribution < 1.29 is 13.2 Å². The highest BCUT2D eigenvalue weighted by Gasteiger charge is 2.31. The van der Waals surface area contributed by atoms with Crippen LogP contribution in [0, 0.1) is 0 Å². The lowest BCUT2D eigenvalue weighted by Crippen LogP contribution is -2.42. The summed E-state index contributed by atoms with van der Waals surface area (Å²) in [5, 5.41) is 3.55. The van der Waals surface area contributed by atoms with E-state index >= 15 is 0 Å². The second-order valence-electron chi connectivity index (χ2n) is 6.14. The van der Waals surface area contributed by atoms with E-state index in [1.807, 2.05) is 23.1 Å². The second kappa shape index (κ2) is 7.74. The molecule has 0 amide bonds. The summed E-state index contributed by atoms with van der Waals surface area (Å²) in [7, 11) is 0. The van der Waals surface area contributed by atoms with Crippen LogP contribution >= 0.6 is 15.9 Å². The van der Waals surface area contributed by atoms with E-state index in [1.54, 1.807) is 0 Å². The minimum absolute atomic E-state index is 0.401. The molecule has 1 N–H and O–H groups in total. The SMILES string of the molecule is FC(F)(F)c1ccc(N2CCC(NCc3ccccc3Br)CC2)nc1. The van der Waals surface area contributed by atoms with E-state index in [0.717, 1.165) is 49.2 Å². The summed E-state index contributed by atoms with van der Waals surface area (Å²) in [4.78, 5) is 6.02. The summed E-state index contributed by atoms with van der Waals surface area (Å²) in [6.07, 6.45) is -1.55. The van der Waals surface area contributed by atoms with Crippen LogP contribution in [0.4, 0.5) is 19.0 Å². The molecule has 7 heteroatoms.